The Kier molecular flexibility index (Phi) is 4.59. The first kappa shape index (κ1) is 15.1. The normalized spacial score (nSPS) is 10.0. The summed E-state index contributed by atoms with van der Waals surface area (Å²) in [5.74, 6) is 0.620. The number of thiocarbonyl (C=S) groups is 1. The molecule has 0 aliphatic rings. The molecule has 110 valence electrons. The van der Waals surface area contributed by atoms with Crippen LogP contribution in [0.2, 0.25) is 0 Å². The minimum atomic E-state index is -0.576. The monoisotopic (exact) mass is 307 g/mol. The van der Waals surface area contributed by atoms with E-state index < -0.39 is 5.82 Å². The Balaban J connectivity index is 2.40. The van der Waals surface area contributed by atoms with E-state index in [0.717, 1.165) is 0 Å². The van der Waals surface area contributed by atoms with Crippen LogP contribution in [-0.2, 0) is 0 Å². The van der Waals surface area contributed by atoms with E-state index in [2.05, 4.69) is 0 Å². The predicted molar refractivity (Wildman–Crippen MR) is 81.9 cm³/mol. The molecular formula is C15H14FNO3S. The summed E-state index contributed by atoms with van der Waals surface area (Å²) in [6.07, 6.45) is 0. The molecular weight excluding hydrogens is 293 g/mol. The van der Waals surface area contributed by atoms with Crippen molar-refractivity contribution in [3.05, 3.63) is 47.8 Å². The molecule has 2 aromatic rings. The SMILES string of the molecule is COc1cccc(OC)c1Oc1ccc(C(N)=S)cc1F. The number of hydrogen-bond acceptors (Lipinski definition) is 4. The molecule has 0 atom stereocenters. The fourth-order valence-electron chi connectivity index (χ4n) is 1.76. The van der Waals surface area contributed by atoms with E-state index in [-0.39, 0.29) is 10.7 Å². The van der Waals surface area contributed by atoms with Crippen LogP contribution in [0.25, 0.3) is 0 Å². The first-order chi connectivity index (χ1) is 10.1. The highest BCUT2D eigenvalue weighted by atomic mass is 32.1. The topological polar surface area (TPSA) is 53.7 Å². The lowest BCUT2D eigenvalue weighted by atomic mass is 10.2. The highest BCUT2D eigenvalue weighted by molar-refractivity contribution is 7.80. The summed E-state index contributed by atoms with van der Waals surface area (Å²) in [4.78, 5) is 0.121. The third-order valence-corrected chi connectivity index (χ3v) is 3.05. The molecule has 0 radical (unpaired) electrons. The molecule has 0 saturated carbocycles. The van der Waals surface area contributed by atoms with Crippen molar-refractivity contribution in [3.8, 4) is 23.0 Å². The van der Waals surface area contributed by atoms with Gasteiger partial charge >= 0.3 is 0 Å². The van der Waals surface area contributed by atoms with Crippen LogP contribution in [0.15, 0.2) is 36.4 Å². The number of hydrogen-bond donors (Lipinski definition) is 1. The molecule has 0 amide bonds. The van der Waals surface area contributed by atoms with Gasteiger partial charge in [0.2, 0.25) is 5.75 Å². The number of methoxy groups -OCH3 is 2. The van der Waals surface area contributed by atoms with Crippen LogP contribution in [0.4, 0.5) is 4.39 Å². The molecule has 2 N–H and O–H groups in total. The lowest BCUT2D eigenvalue weighted by Crippen LogP contribution is -2.09. The van der Waals surface area contributed by atoms with Crippen LogP contribution in [0.1, 0.15) is 5.56 Å². The lowest BCUT2D eigenvalue weighted by molar-refractivity contribution is 0.340. The molecule has 2 rings (SSSR count). The van der Waals surface area contributed by atoms with Crippen molar-refractivity contribution in [2.24, 2.45) is 5.73 Å². The summed E-state index contributed by atoms with van der Waals surface area (Å²) >= 11 is 4.80. The first-order valence-corrected chi connectivity index (χ1v) is 6.46. The van der Waals surface area contributed by atoms with Crippen LogP contribution >= 0.6 is 12.2 Å². The van der Waals surface area contributed by atoms with Gasteiger partial charge in [-0.3, -0.25) is 0 Å². The van der Waals surface area contributed by atoms with Gasteiger partial charge in [0.1, 0.15) is 4.99 Å². The van der Waals surface area contributed by atoms with Crippen LogP contribution < -0.4 is 19.9 Å². The number of ether oxygens (including phenoxy) is 3. The maximum Gasteiger partial charge on any atom is 0.211 e. The average Bonchev–Trinajstić information content (AvgIpc) is 2.49. The van der Waals surface area contributed by atoms with Crippen molar-refractivity contribution in [3.63, 3.8) is 0 Å². The molecule has 0 saturated heterocycles. The zero-order chi connectivity index (χ0) is 15.4. The minimum absolute atomic E-state index is 0.0257. The van der Waals surface area contributed by atoms with Crippen molar-refractivity contribution < 1.29 is 18.6 Å². The Hall–Kier alpha value is -2.34. The Morgan fingerprint density at radius 1 is 1.05 bits per heavy atom. The van der Waals surface area contributed by atoms with Crippen LogP contribution in [-0.4, -0.2) is 19.2 Å². The van der Waals surface area contributed by atoms with E-state index in [1.54, 1.807) is 24.3 Å². The highest BCUT2D eigenvalue weighted by Gasteiger charge is 2.15. The highest BCUT2D eigenvalue weighted by Crippen LogP contribution is 2.40. The van der Waals surface area contributed by atoms with Crippen molar-refractivity contribution >= 4 is 17.2 Å². The van der Waals surface area contributed by atoms with Crippen LogP contribution in [0.3, 0.4) is 0 Å². The maximum absolute atomic E-state index is 14.0. The predicted octanol–water partition coefficient (Wildman–Crippen LogP) is 3.27. The maximum atomic E-state index is 14.0. The standard InChI is InChI=1S/C15H14FNO3S/c1-18-12-4-3-5-13(19-2)14(12)20-11-7-6-9(15(17)21)8-10(11)16/h3-8H,1-2H3,(H2,17,21). The van der Waals surface area contributed by atoms with Crippen molar-refractivity contribution in [1.29, 1.82) is 0 Å². The average molecular weight is 307 g/mol. The third-order valence-electron chi connectivity index (χ3n) is 2.81. The smallest absolute Gasteiger partial charge is 0.211 e. The molecule has 6 heteroatoms. The zero-order valence-corrected chi connectivity index (χ0v) is 12.4. The van der Waals surface area contributed by atoms with E-state index >= 15 is 0 Å². The fraction of sp³-hybridized carbons (Fsp3) is 0.133. The third kappa shape index (κ3) is 3.22. The number of benzene rings is 2. The quantitative estimate of drug-likeness (QED) is 0.859. The Morgan fingerprint density at radius 3 is 2.14 bits per heavy atom. The second-order valence-corrected chi connectivity index (χ2v) is 4.54. The van der Waals surface area contributed by atoms with Gasteiger partial charge in [-0.25, -0.2) is 4.39 Å². The van der Waals surface area contributed by atoms with E-state index in [1.807, 2.05) is 0 Å². The second-order valence-electron chi connectivity index (χ2n) is 4.10. The summed E-state index contributed by atoms with van der Waals surface area (Å²) in [6, 6.07) is 9.40. The molecule has 0 aromatic heterocycles. The summed E-state index contributed by atoms with van der Waals surface area (Å²) in [5.41, 5.74) is 5.89. The molecule has 2 aromatic carbocycles. The fourth-order valence-corrected chi connectivity index (χ4v) is 1.89. The molecule has 4 nitrogen and oxygen atoms in total. The van der Waals surface area contributed by atoms with Crippen molar-refractivity contribution in [1.82, 2.24) is 0 Å². The van der Waals surface area contributed by atoms with Gasteiger partial charge in [-0.15, -0.1) is 0 Å². The number of para-hydroxylation sites is 1. The second kappa shape index (κ2) is 6.41. The number of nitrogens with two attached hydrogens (primary N) is 1. The van der Waals surface area contributed by atoms with E-state index in [9.17, 15) is 4.39 Å². The van der Waals surface area contributed by atoms with Crippen molar-refractivity contribution in [2.75, 3.05) is 14.2 Å². The molecule has 0 spiro atoms. The van der Waals surface area contributed by atoms with Gasteiger partial charge in [0.05, 0.1) is 14.2 Å². The zero-order valence-electron chi connectivity index (χ0n) is 11.6. The van der Waals surface area contributed by atoms with E-state index in [0.29, 0.717) is 22.8 Å². The summed E-state index contributed by atoms with van der Waals surface area (Å²) < 4.78 is 30.0. The van der Waals surface area contributed by atoms with Gasteiger partial charge in [-0.1, -0.05) is 18.3 Å². The molecule has 0 aliphatic carbocycles. The molecule has 0 unspecified atom stereocenters. The largest absolute Gasteiger partial charge is 0.493 e. The van der Waals surface area contributed by atoms with Gasteiger partial charge < -0.3 is 19.9 Å². The van der Waals surface area contributed by atoms with Crippen LogP contribution in [0, 0.1) is 5.82 Å². The molecule has 21 heavy (non-hydrogen) atoms. The summed E-state index contributed by atoms with van der Waals surface area (Å²) in [6.45, 7) is 0. The van der Waals surface area contributed by atoms with Crippen molar-refractivity contribution in [2.45, 2.75) is 0 Å². The van der Waals surface area contributed by atoms with E-state index in [4.69, 9.17) is 32.2 Å². The summed E-state index contributed by atoms with van der Waals surface area (Å²) in [5, 5.41) is 0. The van der Waals surface area contributed by atoms with Crippen LogP contribution in [0.5, 0.6) is 23.0 Å². The first-order valence-electron chi connectivity index (χ1n) is 6.05. The van der Waals surface area contributed by atoms with E-state index in [1.165, 1.54) is 26.4 Å². The molecule has 0 fully saturated rings. The van der Waals surface area contributed by atoms with Gasteiger partial charge in [-0.05, 0) is 30.3 Å². The van der Waals surface area contributed by atoms with Gasteiger partial charge in [0.15, 0.2) is 23.1 Å². The van der Waals surface area contributed by atoms with Gasteiger partial charge in [-0.2, -0.15) is 0 Å². The van der Waals surface area contributed by atoms with Gasteiger partial charge in [0, 0.05) is 5.56 Å². The minimum Gasteiger partial charge on any atom is -0.493 e. The summed E-state index contributed by atoms with van der Waals surface area (Å²) in [7, 11) is 2.99. The Morgan fingerprint density at radius 2 is 1.67 bits per heavy atom. The molecule has 0 heterocycles. The van der Waals surface area contributed by atoms with Gasteiger partial charge in [0.25, 0.3) is 0 Å². The Labute approximate surface area is 127 Å². The number of rotatable bonds is 5. The number of halogens is 1. The molecule has 0 aliphatic heterocycles. The molecule has 0 bridgehead atoms. The Bertz CT molecular complexity index is 654. The lowest BCUT2D eigenvalue weighted by Gasteiger charge is -2.14.